The van der Waals surface area contributed by atoms with Gasteiger partial charge in [-0.05, 0) is 268 Å². The first kappa shape index (κ1) is 117. The van der Waals surface area contributed by atoms with Gasteiger partial charge in [0.1, 0.15) is 42.8 Å². The van der Waals surface area contributed by atoms with E-state index in [9.17, 15) is 62.3 Å². The van der Waals surface area contributed by atoms with Crippen molar-refractivity contribution in [2.45, 2.75) is 302 Å². The topological polar surface area (TPSA) is 327 Å². The van der Waals surface area contributed by atoms with Crippen LogP contribution < -0.4 is 24.3 Å². The number of Topliss-reactive ketones (excluding diaryl/α,β-unsaturated/α-hetero) is 3. The molecule has 10 fully saturated rings. The molecule has 16 rings (SSSR count). The van der Waals surface area contributed by atoms with Crippen molar-refractivity contribution < 1.29 is 100 Å². The molecule has 806 valence electrons. The van der Waals surface area contributed by atoms with Crippen LogP contribution in [-0.2, 0) is 103 Å². The zero-order chi connectivity index (χ0) is 107. The van der Waals surface area contributed by atoms with Gasteiger partial charge in [0.25, 0.3) is 17.7 Å². The number of nitrogens with one attached hydrogen (secondary N) is 1. The molecule has 1 unspecified atom stereocenters. The summed E-state index contributed by atoms with van der Waals surface area (Å²) in [6, 6.07) is 50.5. The lowest BCUT2D eigenvalue weighted by atomic mass is 9.53. The van der Waals surface area contributed by atoms with E-state index in [-0.39, 0.29) is 77.3 Å². The van der Waals surface area contributed by atoms with Crippen molar-refractivity contribution in [2.75, 3.05) is 107 Å². The van der Waals surface area contributed by atoms with Crippen LogP contribution in [0.5, 0.6) is 23.0 Å². The molecule has 148 heavy (non-hydrogen) atoms. The van der Waals surface area contributed by atoms with Gasteiger partial charge in [-0.3, -0.25) is 43.3 Å². The van der Waals surface area contributed by atoms with E-state index < -0.39 is 81.4 Å². The smallest absolute Gasteiger partial charge is 0.331 e. The Bertz CT molecular complexity index is 5280. The molecule has 5 heterocycles. The van der Waals surface area contributed by atoms with Crippen LogP contribution in [0.1, 0.15) is 263 Å². The quantitative estimate of drug-likeness (QED) is 0.0164. The maximum Gasteiger partial charge on any atom is 0.331 e. The maximum atomic E-state index is 13.4. The van der Waals surface area contributed by atoms with Gasteiger partial charge in [-0.25, -0.2) is 24.0 Å². The number of urea groups is 2. The summed E-state index contributed by atoms with van der Waals surface area (Å²) in [5.74, 6) is 2.11. The molecule has 28 nitrogen and oxygen atoms in total. The number of esters is 3. The highest BCUT2D eigenvalue weighted by atomic mass is 32.2. The van der Waals surface area contributed by atoms with Crippen molar-refractivity contribution in [1.29, 1.82) is 0 Å². The van der Waals surface area contributed by atoms with E-state index in [4.69, 9.17) is 37.9 Å². The number of methoxy groups -OCH3 is 4. The maximum absolute atomic E-state index is 13.4. The molecule has 5 saturated heterocycles. The Morgan fingerprint density at radius 1 is 0.426 bits per heavy atom. The van der Waals surface area contributed by atoms with E-state index in [0.29, 0.717) is 88.6 Å². The number of thioether (sulfide) groups is 2. The Morgan fingerprint density at radius 2 is 0.845 bits per heavy atom. The molecule has 5 aliphatic carbocycles. The summed E-state index contributed by atoms with van der Waals surface area (Å²) in [5, 5.41) is 3.73. The molecule has 1 N–H and O–H groups in total. The molecule has 5 aliphatic heterocycles. The Labute approximate surface area is 885 Å². The number of unbranched alkanes of at least 4 members (excludes halogenated alkanes) is 1. The van der Waals surface area contributed by atoms with E-state index in [1.807, 2.05) is 116 Å². The molecule has 7 amide bonds. The number of benzene rings is 6. The molecule has 0 aromatic heterocycles. The predicted molar refractivity (Wildman–Crippen MR) is 575 cm³/mol. The summed E-state index contributed by atoms with van der Waals surface area (Å²) in [5.41, 5.74) is 4.99. The van der Waals surface area contributed by atoms with Gasteiger partial charge >= 0.3 is 30.0 Å². The first-order valence-electron chi connectivity index (χ1n) is 53.6. The van der Waals surface area contributed by atoms with Gasteiger partial charge in [-0.2, -0.15) is 0 Å². The highest BCUT2D eigenvalue weighted by Gasteiger charge is 2.54. The van der Waals surface area contributed by atoms with Gasteiger partial charge in [0.05, 0.1) is 48.3 Å². The number of nitrogens with zero attached hydrogens (tertiary/aromatic N) is 6. The van der Waals surface area contributed by atoms with Crippen LogP contribution in [0.4, 0.5) is 9.59 Å². The average molecular weight is 2080 g/mol. The molecule has 6 aromatic carbocycles. The Morgan fingerprint density at radius 3 is 1.33 bits per heavy atom. The first-order valence-corrected chi connectivity index (χ1v) is 55.6. The zero-order valence-electron chi connectivity index (χ0n) is 90.1. The summed E-state index contributed by atoms with van der Waals surface area (Å²) in [6.45, 7) is 18.7. The number of ether oxygens (including phenoxy) is 8. The van der Waals surface area contributed by atoms with Crippen molar-refractivity contribution in [3.8, 4) is 23.0 Å². The monoisotopic (exact) mass is 2080 g/mol. The lowest BCUT2D eigenvalue weighted by molar-refractivity contribution is -0.162. The minimum absolute atomic E-state index is 0.00850. The fraction of sp³-hybridized carbons (Fsp3) is 0.585. The standard InChI is InChI=1S/C30H37NO4.C28H40N2O5S.C23H33NO5.C20H27NO5.C17H24N2O2S/c1-4-29(2,3)26(32)27(33)31-21-11-16-25(31)28(34)35-24-17-19-30(20-18-24,22-12-7-5-8-13-22)23-14-9-6-10-15-23;1-33-23-13-18(14-24(34-2)25(23)35-3)6-5-9-36-26(31)22-7-4-8-30(22)27(32)29-28-15-19-10-20(16-28)12-21(11-19)17-28;1-23(2,3)20(25)21(26)24-15-7-5-10-19(24)22(27)29-16-8-6-9-17-11-13-18(28-4)14-12-17;1-4-20(2,3)17(22)18(23)21-14-25-13-16(21)19(24)26-12-8-11-15-9-6-5-7-10-15;1-18(2)17(21)19-12-6-11-15(19)16(20)22-13-7-10-14-8-4-3-5-9-14/h5-10,12-15,24-25H,4,11,16-21H2,1-3H3;13-14,19-22H,4-12,15-17H2,1-3H3,(H,29,32);11-14,19H,5-10,15-16H2,1-4H3;5-7,9-10,16H,4,8,11-14H2,1-3H3;3-5,8-9,15H,6-7,10-13H2,1-2H3/t25-;;19-;16-;15-/m0.000/s1. The van der Waals surface area contributed by atoms with Crippen molar-refractivity contribution in [3.05, 3.63) is 191 Å². The van der Waals surface area contributed by atoms with Crippen LogP contribution in [0.15, 0.2) is 158 Å². The van der Waals surface area contributed by atoms with E-state index in [0.717, 1.165) is 175 Å². The Kier molecular flexibility index (Phi) is 44.4. The van der Waals surface area contributed by atoms with Gasteiger partial charge in [0.2, 0.25) is 33.3 Å². The second-order valence-corrected chi connectivity index (χ2v) is 45.6. The summed E-state index contributed by atoms with van der Waals surface area (Å²) in [4.78, 5) is 173. The number of hydrogen-bond donors (Lipinski definition) is 1. The summed E-state index contributed by atoms with van der Waals surface area (Å²) >= 11 is 2.74. The highest BCUT2D eigenvalue weighted by Crippen LogP contribution is 2.56. The molecule has 5 saturated carbocycles. The predicted octanol–water partition coefficient (Wildman–Crippen LogP) is 19.4. The highest BCUT2D eigenvalue weighted by molar-refractivity contribution is 8.14. The van der Waals surface area contributed by atoms with E-state index >= 15 is 0 Å². The molecule has 30 heteroatoms. The number of rotatable bonds is 37. The number of amides is 7. The Hall–Kier alpha value is -11.1. The van der Waals surface area contributed by atoms with E-state index in [1.165, 1.54) is 85.3 Å². The summed E-state index contributed by atoms with van der Waals surface area (Å²) in [7, 11) is 9.93. The third kappa shape index (κ3) is 32.0. The largest absolute Gasteiger partial charge is 0.497 e. The van der Waals surface area contributed by atoms with Crippen LogP contribution in [0, 0.1) is 34.0 Å². The molecule has 10 aliphatic rings. The first-order chi connectivity index (χ1) is 70.9. The lowest BCUT2D eigenvalue weighted by Crippen LogP contribution is -2.62. The molecule has 5 atom stereocenters. The van der Waals surface area contributed by atoms with Crippen molar-refractivity contribution in [1.82, 2.24) is 34.7 Å². The number of ketones is 3. The van der Waals surface area contributed by atoms with E-state index in [1.54, 1.807) is 101 Å². The fourth-order valence-electron chi connectivity index (χ4n) is 21.8. The van der Waals surface area contributed by atoms with Crippen LogP contribution in [0.25, 0.3) is 0 Å². The average Bonchev–Trinajstić information content (AvgIpc) is 1.05. The third-order valence-electron chi connectivity index (χ3n) is 30.8. The van der Waals surface area contributed by atoms with Gasteiger partial charge < -0.3 is 67.7 Å². The molecule has 0 spiro atoms. The van der Waals surface area contributed by atoms with Crippen LogP contribution in [0.2, 0.25) is 0 Å². The van der Waals surface area contributed by atoms with Crippen LogP contribution in [0.3, 0.4) is 0 Å². The minimum Gasteiger partial charge on any atom is -0.497 e. The lowest BCUT2D eigenvalue weighted by Gasteiger charge is -2.57. The van der Waals surface area contributed by atoms with Gasteiger partial charge in [0.15, 0.2) is 17.5 Å². The molecular formula is C118H161N7O21S2. The minimum atomic E-state index is -0.851. The molecular weight excluding hydrogens is 1920 g/mol. The number of carbonyl (C=O) groups excluding carboxylic acids is 13. The zero-order valence-corrected chi connectivity index (χ0v) is 91.7. The van der Waals surface area contributed by atoms with Crippen molar-refractivity contribution >= 4 is 98.8 Å². The number of piperidine rings is 1. The van der Waals surface area contributed by atoms with Gasteiger partial charge in [0, 0.05) is 79.0 Å². The number of aryl methyl sites for hydroxylation is 4. The van der Waals surface area contributed by atoms with Gasteiger partial charge in [-0.15, -0.1) is 0 Å². The summed E-state index contributed by atoms with van der Waals surface area (Å²) in [6.07, 6.45) is 26.2. The van der Waals surface area contributed by atoms with Crippen LogP contribution >= 0.6 is 23.5 Å². The Balaban J connectivity index is 0.000000178. The number of carbonyl (C=O) groups is 13. The molecule has 4 bridgehead atoms. The summed E-state index contributed by atoms with van der Waals surface area (Å²) < 4.78 is 43.4. The molecule has 0 radical (unpaired) electrons. The number of likely N-dealkylation sites (tertiary alicyclic amines) is 4. The van der Waals surface area contributed by atoms with Crippen LogP contribution in [-0.4, -0.2) is 253 Å². The van der Waals surface area contributed by atoms with Crippen molar-refractivity contribution in [2.24, 2.45) is 34.0 Å². The second-order valence-electron chi connectivity index (χ2n) is 43.4. The second kappa shape index (κ2) is 56.1. The van der Waals surface area contributed by atoms with Gasteiger partial charge in [-0.1, -0.05) is 219 Å². The molecule has 6 aromatic rings. The van der Waals surface area contributed by atoms with E-state index in [2.05, 4.69) is 66.0 Å². The third-order valence-corrected chi connectivity index (χ3v) is 32.9. The fourth-order valence-corrected chi connectivity index (χ4v) is 23.7. The van der Waals surface area contributed by atoms with Crippen molar-refractivity contribution in [3.63, 3.8) is 0 Å². The number of hydrogen-bond acceptors (Lipinski definition) is 23. The SMILES string of the molecule is CCC(C)(C)C(=O)C(=O)N1CCC[C@H]1C(=O)OC1CCC(c2ccccc2)(c2ccccc2)CC1.CCC(C)(C)C(=O)C(=O)N1COC[C@H]1C(=O)OCCCc1ccccc1.CN(C)C(=O)N1CCC[C@H]1C(=O)SCCCc1ccccc1.COc1cc(CCCSC(=O)C2CCCN2C(=O)NC23CC4CC(CC(C4)C2)C3)cc(OC)c1OC.COc1ccc(CCCCOC(=O)[C@@H]2CCCCN2C(=O)C(=O)C(C)(C)C)cc1. The normalized spacial score (nSPS) is 21.2.